The van der Waals surface area contributed by atoms with Crippen molar-refractivity contribution in [1.29, 1.82) is 0 Å². The van der Waals surface area contributed by atoms with Crippen molar-refractivity contribution in [3.05, 3.63) is 20.7 Å². The summed E-state index contributed by atoms with van der Waals surface area (Å²) in [5.41, 5.74) is 0.804. The highest BCUT2D eigenvalue weighted by atomic mass is 32.1. The summed E-state index contributed by atoms with van der Waals surface area (Å²) in [5.74, 6) is -0.395. The van der Waals surface area contributed by atoms with Gasteiger partial charge in [0.1, 0.15) is 6.54 Å². The van der Waals surface area contributed by atoms with Crippen molar-refractivity contribution in [3.8, 4) is 0 Å². The minimum absolute atomic E-state index is 0.0723. The lowest BCUT2D eigenvalue weighted by Crippen LogP contribution is -2.42. The maximum Gasteiger partial charge on any atom is 0.308 e. The van der Waals surface area contributed by atoms with Crippen LogP contribution in [-0.2, 0) is 20.9 Å². The number of ether oxygens (including phenoxy) is 1. The Morgan fingerprint density at radius 1 is 1.40 bits per heavy atom. The fraction of sp³-hybridized carbons (Fsp3) is 0.615. The van der Waals surface area contributed by atoms with E-state index in [1.807, 2.05) is 6.92 Å². The molecule has 0 aliphatic carbocycles. The molecule has 1 amide bonds. The number of rotatable bonds is 3. The lowest BCUT2D eigenvalue weighted by Gasteiger charge is -2.30. The first-order valence-electron chi connectivity index (χ1n) is 6.53. The summed E-state index contributed by atoms with van der Waals surface area (Å²) in [7, 11) is 1.38. The van der Waals surface area contributed by atoms with Crippen molar-refractivity contribution in [2.24, 2.45) is 5.92 Å². The molecule has 7 heteroatoms. The zero-order valence-corrected chi connectivity index (χ0v) is 12.4. The Morgan fingerprint density at radius 3 is 2.55 bits per heavy atom. The smallest absolute Gasteiger partial charge is 0.308 e. The number of carbonyl (C=O) groups excluding carboxylic acids is 2. The van der Waals surface area contributed by atoms with Gasteiger partial charge in [0.2, 0.25) is 5.91 Å². The van der Waals surface area contributed by atoms with Crippen molar-refractivity contribution in [3.63, 3.8) is 0 Å². The summed E-state index contributed by atoms with van der Waals surface area (Å²) in [5, 5.41) is 1.75. The van der Waals surface area contributed by atoms with Crippen LogP contribution in [0.1, 0.15) is 18.5 Å². The van der Waals surface area contributed by atoms with Crippen LogP contribution in [0.5, 0.6) is 0 Å². The summed E-state index contributed by atoms with van der Waals surface area (Å²) < 4.78 is 6.20. The van der Waals surface area contributed by atoms with Crippen molar-refractivity contribution in [2.75, 3.05) is 20.2 Å². The van der Waals surface area contributed by atoms with E-state index < -0.39 is 0 Å². The van der Waals surface area contributed by atoms with E-state index >= 15 is 0 Å². The average Bonchev–Trinajstić information content (AvgIpc) is 2.78. The van der Waals surface area contributed by atoms with Crippen molar-refractivity contribution < 1.29 is 14.3 Å². The van der Waals surface area contributed by atoms with Gasteiger partial charge in [0.15, 0.2) is 0 Å². The highest BCUT2D eigenvalue weighted by Crippen LogP contribution is 2.18. The van der Waals surface area contributed by atoms with Gasteiger partial charge < -0.3 is 9.64 Å². The second-order valence-corrected chi connectivity index (χ2v) is 5.73. The number of carbonyl (C=O) groups is 2. The van der Waals surface area contributed by atoms with Crippen LogP contribution in [0.2, 0.25) is 0 Å². The Morgan fingerprint density at radius 2 is 2.05 bits per heavy atom. The molecule has 20 heavy (non-hydrogen) atoms. The van der Waals surface area contributed by atoms with Crippen LogP contribution in [0, 0.1) is 12.8 Å². The average molecular weight is 298 g/mol. The monoisotopic (exact) mass is 298 g/mol. The van der Waals surface area contributed by atoms with Crippen LogP contribution < -0.4 is 4.87 Å². The highest BCUT2D eigenvalue weighted by molar-refractivity contribution is 7.07. The molecule has 1 fully saturated rings. The van der Waals surface area contributed by atoms with Crippen molar-refractivity contribution in [1.82, 2.24) is 9.47 Å². The maximum atomic E-state index is 12.2. The van der Waals surface area contributed by atoms with E-state index in [1.54, 1.807) is 10.3 Å². The molecule has 0 aromatic carbocycles. The highest BCUT2D eigenvalue weighted by Gasteiger charge is 2.28. The van der Waals surface area contributed by atoms with E-state index in [4.69, 9.17) is 4.74 Å². The molecular weight excluding hydrogens is 280 g/mol. The molecule has 2 rings (SSSR count). The molecule has 1 aliphatic rings. The summed E-state index contributed by atoms with van der Waals surface area (Å²) in [6, 6.07) is 0. The Labute approximate surface area is 121 Å². The Bertz CT molecular complexity index is 555. The summed E-state index contributed by atoms with van der Waals surface area (Å²) in [6.07, 6.45) is 1.24. The van der Waals surface area contributed by atoms with E-state index in [0.29, 0.717) is 25.9 Å². The number of aryl methyl sites for hydroxylation is 1. The predicted molar refractivity (Wildman–Crippen MR) is 74.6 cm³/mol. The number of amides is 1. The number of nitrogens with zero attached hydrogens (tertiary/aromatic N) is 2. The predicted octanol–water partition coefficient (Wildman–Crippen LogP) is 0.630. The van der Waals surface area contributed by atoms with Gasteiger partial charge >= 0.3 is 10.8 Å². The number of hydrogen-bond acceptors (Lipinski definition) is 5. The number of hydrogen-bond donors (Lipinski definition) is 0. The second-order valence-electron chi connectivity index (χ2n) is 4.91. The largest absolute Gasteiger partial charge is 0.469 e. The molecule has 1 aromatic heterocycles. The van der Waals surface area contributed by atoms with Crippen LogP contribution in [0.3, 0.4) is 0 Å². The van der Waals surface area contributed by atoms with Gasteiger partial charge in [-0.15, -0.1) is 0 Å². The third kappa shape index (κ3) is 3.09. The first-order chi connectivity index (χ1) is 9.52. The summed E-state index contributed by atoms with van der Waals surface area (Å²) in [4.78, 5) is 36.8. The molecule has 0 saturated carbocycles. The van der Waals surface area contributed by atoms with Crippen LogP contribution in [-0.4, -0.2) is 41.5 Å². The Hall–Kier alpha value is -1.63. The van der Waals surface area contributed by atoms with E-state index in [0.717, 1.165) is 17.0 Å². The molecule has 1 aromatic rings. The quantitative estimate of drug-likeness (QED) is 0.768. The topological polar surface area (TPSA) is 68.6 Å². The number of aromatic nitrogens is 1. The minimum Gasteiger partial charge on any atom is -0.469 e. The molecule has 2 heterocycles. The molecule has 6 nitrogen and oxygen atoms in total. The number of methoxy groups -OCH3 is 1. The standard InChI is InChI=1S/C13H18N2O4S/c1-9-8-20-13(18)15(9)7-11(16)14-5-3-10(4-6-14)12(17)19-2/h8,10H,3-7H2,1-2H3. The van der Waals surface area contributed by atoms with Gasteiger partial charge in [-0.05, 0) is 19.8 Å². The first kappa shape index (κ1) is 14.8. The van der Waals surface area contributed by atoms with Crippen molar-refractivity contribution >= 4 is 23.2 Å². The number of piperidine rings is 1. The third-order valence-electron chi connectivity index (χ3n) is 3.65. The zero-order valence-electron chi connectivity index (χ0n) is 11.6. The third-order valence-corrected chi connectivity index (χ3v) is 4.53. The number of thiazole rings is 1. The molecule has 0 unspecified atom stereocenters. The van der Waals surface area contributed by atoms with Crippen LogP contribution in [0.25, 0.3) is 0 Å². The molecule has 1 saturated heterocycles. The van der Waals surface area contributed by atoms with E-state index in [9.17, 15) is 14.4 Å². The fourth-order valence-electron chi connectivity index (χ4n) is 2.36. The molecule has 0 N–H and O–H groups in total. The summed E-state index contributed by atoms with van der Waals surface area (Å²) >= 11 is 1.10. The van der Waals surface area contributed by atoms with E-state index in [-0.39, 0.29) is 29.2 Å². The zero-order chi connectivity index (χ0) is 14.7. The first-order valence-corrected chi connectivity index (χ1v) is 7.41. The molecule has 0 atom stereocenters. The van der Waals surface area contributed by atoms with Gasteiger partial charge in [-0.1, -0.05) is 11.3 Å². The van der Waals surface area contributed by atoms with E-state index in [1.165, 1.54) is 11.7 Å². The molecular formula is C13H18N2O4S. The van der Waals surface area contributed by atoms with Gasteiger partial charge in [-0.3, -0.25) is 19.0 Å². The van der Waals surface area contributed by atoms with Gasteiger partial charge in [-0.2, -0.15) is 0 Å². The van der Waals surface area contributed by atoms with Gasteiger partial charge in [0, 0.05) is 24.2 Å². The number of likely N-dealkylation sites (tertiary alicyclic amines) is 1. The van der Waals surface area contributed by atoms with Crippen LogP contribution >= 0.6 is 11.3 Å². The minimum atomic E-state index is -0.206. The molecule has 110 valence electrons. The van der Waals surface area contributed by atoms with Crippen LogP contribution in [0.4, 0.5) is 0 Å². The van der Waals surface area contributed by atoms with Crippen LogP contribution in [0.15, 0.2) is 10.2 Å². The summed E-state index contributed by atoms with van der Waals surface area (Å²) in [6.45, 7) is 2.97. The lowest BCUT2D eigenvalue weighted by atomic mass is 9.97. The molecule has 0 spiro atoms. The van der Waals surface area contributed by atoms with Gasteiger partial charge in [-0.25, -0.2) is 0 Å². The lowest BCUT2D eigenvalue weighted by molar-refractivity contribution is -0.149. The van der Waals surface area contributed by atoms with Crippen molar-refractivity contribution in [2.45, 2.75) is 26.3 Å². The second kappa shape index (κ2) is 6.21. The molecule has 1 aliphatic heterocycles. The normalized spacial score (nSPS) is 16.2. The Kier molecular flexibility index (Phi) is 4.59. The molecule has 0 radical (unpaired) electrons. The number of esters is 1. The van der Waals surface area contributed by atoms with Gasteiger partial charge in [0.25, 0.3) is 0 Å². The SMILES string of the molecule is COC(=O)C1CCN(C(=O)Cn2c(C)csc2=O)CC1. The van der Waals surface area contributed by atoms with E-state index in [2.05, 4.69) is 0 Å². The molecule has 0 bridgehead atoms. The van der Waals surface area contributed by atoms with Gasteiger partial charge in [0.05, 0.1) is 13.0 Å². The fourth-order valence-corrected chi connectivity index (χ4v) is 3.10. The maximum absolute atomic E-state index is 12.2. The Balaban J connectivity index is 1.93.